The van der Waals surface area contributed by atoms with Crippen molar-refractivity contribution in [3.63, 3.8) is 0 Å². The van der Waals surface area contributed by atoms with Gasteiger partial charge in [-0.3, -0.25) is 13.9 Å². The Kier molecular flexibility index (Phi) is 7.06. The fraction of sp³-hybridized carbons (Fsp3) is 0.556. The first-order valence-corrected chi connectivity index (χ1v) is 10.7. The Bertz CT molecular complexity index is 772. The number of rotatable bonds is 7. The van der Waals surface area contributed by atoms with Gasteiger partial charge in [-0.1, -0.05) is 6.07 Å². The number of hydrogen-bond acceptors (Lipinski definition) is 6. The Morgan fingerprint density at radius 1 is 1.26 bits per heavy atom. The number of nitrogens with zero attached hydrogens (tertiary/aromatic N) is 2. The summed E-state index contributed by atoms with van der Waals surface area (Å²) in [7, 11) is -2.31. The normalized spacial score (nSPS) is 15.3. The monoisotopic (exact) mass is 398 g/mol. The number of methoxy groups -OCH3 is 1. The van der Waals surface area contributed by atoms with E-state index in [0.29, 0.717) is 44.0 Å². The zero-order valence-electron chi connectivity index (χ0n) is 15.9. The number of anilines is 1. The summed E-state index contributed by atoms with van der Waals surface area (Å²) in [5.74, 6) is -0.249. The maximum absolute atomic E-state index is 12.7. The predicted molar refractivity (Wildman–Crippen MR) is 101 cm³/mol. The average Bonchev–Trinajstić information content (AvgIpc) is 2.65. The van der Waals surface area contributed by atoms with Gasteiger partial charge >= 0.3 is 5.97 Å². The molecule has 1 saturated heterocycles. The Labute approximate surface area is 160 Å². The van der Waals surface area contributed by atoms with Crippen LogP contribution in [0.15, 0.2) is 24.3 Å². The largest absolute Gasteiger partial charge is 0.494 e. The highest BCUT2D eigenvalue weighted by Crippen LogP contribution is 2.24. The molecule has 1 aromatic rings. The van der Waals surface area contributed by atoms with Crippen molar-refractivity contribution in [1.29, 1.82) is 0 Å². The lowest BCUT2D eigenvalue weighted by Gasteiger charge is -2.32. The van der Waals surface area contributed by atoms with Crippen LogP contribution < -0.4 is 9.04 Å². The fourth-order valence-corrected chi connectivity index (χ4v) is 3.89. The minimum atomic E-state index is -3.66. The summed E-state index contributed by atoms with van der Waals surface area (Å²) in [6.45, 7) is 2.79. The lowest BCUT2D eigenvalue weighted by atomic mass is 9.97. The summed E-state index contributed by atoms with van der Waals surface area (Å²) in [6.07, 6.45) is 2.09. The molecule has 0 bridgehead atoms. The minimum absolute atomic E-state index is 0.215. The third kappa shape index (κ3) is 5.59. The first kappa shape index (κ1) is 21.0. The molecule has 0 spiro atoms. The maximum Gasteiger partial charge on any atom is 0.308 e. The standard InChI is InChI=1S/C18H26N2O6S/c1-4-26-16-7-5-6-15(12-16)20(27(3,23)24)13-17(21)19-10-8-14(9-11-19)18(22)25-2/h5-7,12,14H,4,8-11,13H2,1-3H3. The number of hydrogen-bond donors (Lipinski definition) is 0. The second-order valence-electron chi connectivity index (χ2n) is 6.38. The molecule has 1 heterocycles. The molecule has 1 aromatic carbocycles. The van der Waals surface area contributed by atoms with Gasteiger partial charge in [-0.25, -0.2) is 8.42 Å². The van der Waals surface area contributed by atoms with Crippen LogP contribution in [0, 0.1) is 5.92 Å². The number of carbonyl (C=O) groups excluding carboxylic acids is 2. The molecule has 1 aliphatic rings. The SMILES string of the molecule is CCOc1cccc(N(CC(=O)N2CCC(C(=O)OC)CC2)S(C)(=O)=O)c1. The molecular formula is C18H26N2O6S. The van der Waals surface area contributed by atoms with Crippen LogP contribution in [0.3, 0.4) is 0 Å². The van der Waals surface area contributed by atoms with Gasteiger partial charge in [-0.05, 0) is 31.9 Å². The summed E-state index contributed by atoms with van der Waals surface area (Å²) in [5, 5.41) is 0. The number of ether oxygens (including phenoxy) is 2. The van der Waals surface area contributed by atoms with E-state index in [1.807, 2.05) is 6.92 Å². The van der Waals surface area contributed by atoms with Gasteiger partial charge in [-0.15, -0.1) is 0 Å². The maximum atomic E-state index is 12.7. The van der Waals surface area contributed by atoms with Crippen LogP contribution in [0.1, 0.15) is 19.8 Å². The smallest absolute Gasteiger partial charge is 0.308 e. The molecule has 0 N–H and O–H groups in total. The summed E-state index contributed by atoms with van der Waals surface area (Å²) < 4.78 is 35.7. The number of benzene rings is 1. The van der Waals surface area contributed by atoms with E-state index in [9.17, 15) is 18.0 Å². The van der Waals surface area contributed by atoms with Crippen LogP contribution in [0.5, 0.6) is 5.75 Å². The van der Waals surface area contributed by atoms with E-state index in [1.54, 1.807) is 29.2 Å². The van der Waals surface area contributed by atoms with E-state index in [1.165, 1.54) is 7.11 Å². The molecule has 27 heavy (non-hydrogen) atoms. The number of carbonyl (C=O) groups is 2. The summed E-state index contributed by atoms with van der Waals surface area (Å²) in [5.41, 5.74) is 0.376. The third-order valence-corrected chi connectivity index (χ3v) is 5.62. The van der Waals surface area contributed by atoms with Crippen LogP contribution in [0.2, 0.25) is 0 Å². The first-order chi connectivity index (χ1) is 12.8. The lowest BCUT2D eigenvalue weighted by Crippen LogP contribution is -2.46. The summed E-state index contributed by atoms with van der Waals surface area (Å²) in [4.78, 5) is 25.8. The van der Waals surface area contributed by atoms with Crippen molar-refractivity contribution < 1.29 is 27.5 Å². The highest BCUT2D eigenvalue weighted by atomic mass is 32.2. The van der Waals surface area contributed by atoms with Crippen molar-refractivity contribution >= 4 is 27.6 Å². The topological polar surface area (TPSA) is 93.2 Å². The molecule has 150 valence electrons. The molecule has 1 fully saturated rings. The Morgan fingerprint density at radius 2 is 1.93 bits per heavy atom. The number of likely N-dealkylation sites (tertiary alicyclic amines) is 1. The number of esters is 1. The molecule has 0 saturated carbocycles. The Hall–Kier alpha value is -2.29. The van der Waals surface area contributed by atoms with Crippen molar-refractivity contribution in [2.45, 2.75) is 19.8 Å². The molecule has 0 aromatic heterocycles. The predicted octanol–water partition coefficient (Wildman–Crippen LogP) is 1.26. The average molecular weight is 398 g/mol. The van der Waals surface area contributed by atoms with Crippen LogP contribution in [-0.4, -0.2) is 64.8 Å². The van der Waals surface area contributed by atoms with Gasteiger partial charge in [0.05, 0.1) is 31.6 Å². The van der Waals surface area contributed by atoms with Crippen molar-refractivity contribution in [1.82, 2.24) is 4.90 Å². The van der Waals surface area contributed by atoms with Gasteiger partial charge < -0.3 is 14.4 Å². The molecule has 2 rings (SSSR count). The van der Waals surface area contributed by atoms with Crippen LogP contribution in [0.4, 0.5) is 5.69 Å². The van der Waals surface area contributed by atoms with E-state index in [2.05, 4.69) is 0 Å². The summed E-state index contributed by atoms with van der Waals surface area (Å²) >= 11 is 0. The van der Waals surface area contributed by atoms with Crippen molar-refractivity contribution in [3.05, 3.63) is 24.3 Å². The second-order valence-corrected chi connectivity index (χ2v) is 8.29. The lowest BCUT2D eigenvalue weighted by molar-refractivity contribution is -0.148. The van der Waals surface area contributed by atoms with Crippen molar-refractivity contribution in [2.75, 3.05) is 43.9 Å². The van der Waals surface area contributed by atoms with E-state index in [4.69, 9.17) is 9.47 Å². The van der Waals surface area contributed by atoms with Gasteiger partial charge in [-0.2, -0.15) is 0 Å². The van der Waals surface area contributed by atoms with Crippen molar-refractivity contribution in [3.8, 4) is 5.75 Å². The number of sulfonamides is 1. The first-order valence-electron chi connectivity index (χ1n) is 8.82. The highest BCUT2D eigenvalue weighted by molar-refractivity contribution is 7.92. The minimum Gasteiger partial charge on any atom is -0.494 e. The molecule has 0 atom stereocenters. The van der Waals surface area contributed by atoms with E-state index >= 15 is 0 Å². The quantitative estimate of drug-likeness (QED) is 0.642. The number of amides is 1. The fourth-order valence-electron chi connectivity index (χ4n) is 3.05. The van der Waals surface area contributed by atoms with Crippen LogP contribution >= 0.6 is 0 Å². The molecule has 8 nitrogen and oxygen atoms in total. The van der Waals surface area contributed by atoms with Crippen molar-refractivity contribution in [2.24, 2.45) is 5.92 Å². The van der Waals surface area contributed by atoms with E-state index < -0.39 is 10.0 Å². The summed E-state index contributed by atoms with van der Waals surface area (Å²) in [6, 6.07) is 6.64. The Balaban J connectivity index is 2.10. The van der Waals surface area contributed by atoms with Gasteiger partial charge in [0.1, 0.15) is 12.3 Å². The molecular weight excluding hydrogens is 372 g/mol. The third-order valence-electron chi connectivity index (χ3n) is 4.48. The number of piperidine rings is 1. The molecule has 0 aliphatic carbocycles. The van der Waals surface area contributed by atoms with E-state index in [-0.39, 0.29) is 24.3 Å². The van der Waals surface area contributed by atoms with Crippen LogP contribution in [0.25, 0.3) is 0 Å². The van der Waals surface area contributed by atoms with Gasteiger partial charge in [0.25, 0.3) is 0 Å². The molecule has 1 aliphatic heterocycles. The van der Waals surface area contributed by atoms with Crippen LogP contribution in [-0.2, 0) is 24.3 Å². The highest BCUT2D eigenvalue weighted by Gasteiger charge is 2.30. The molecule has 1 amide bonds. The van der Waals surface area contributed by atoms with Gasteiger partial charge in [0.2, 0.25) is 15.9 Å². The zero-order chi connectivity index (χ0) is 20.0. The zero-order valence-corrected chi connectivity index (χ0v) is 16.7. The van der Waals surface area contributed by atoms with E-state index in [0.717, 1.165) is 10.6 Å². The molecule has 9 heteroatoms. The Morgan fingerprint density at radius 3 is 2.48 bits per heavy atom. The molecule has 0 radical (unpaired) electrons. The molecule has 0 unspecified atom stereocenters. The second kappa shape index (κ2) is 9.07. The van der Waals surface area contributed by atoms with Gasteiger partial charge in [0.15, 0.2) is 0 Å². The van der Waals surface area contributed by atoms with Gasteiger partial charge in [0, 0.05) is 19.2 Å².